The first-order valence-electron chi connectivity index (χ1n) is 7.67. The number of furan rings is 1. The topological polar surface area (TPSA) is 80.0 Å². The SMILES string of the molecule is O=C(Nc1nncs1)N[C@H](c1ccccc1)c1cc2ccccc2o1. The van der Waals surface area contributed by atoms with Crippen LogP contribution in [0.15, 0.2) is 70.6 Å². The molecule has 0 saturated carbocycles. The van der Waals surface area contributed by atoms with Gasteiger partial charge < -0.3 is 9.73 Å². The van der Waals surface area contributed by atoms with Crippen LogP contribution < -0.4 is 10.6 Å². The number of anilines is 1. The minimum Gasteiger partial charge on any atom is -0.459 e. The molecule has 0 aliphatic heterocycles. The molecule has 2 N–H and O–H groups in total. The molecule has 1 atom stereocenters. The molecule has 4 rings (SSSR count). The molecular formula is C18H14N4O2S. The number of urea groups is 1. The molecule has 7 heteroatoms. The number of carbonyl (C=O) groups excluding carboxylic acids is 1. The number of carbonyl (C=O) groups is 1. The molecule has 2 aromatic heterocycles. The average molecular weight is 350 g/mol. The molecule has 0 saturated heterocycles. The van der Waals surface area contributed by atoms with Gasteiger partial charge in [0, 0.05) is 5.39 Å². The molecule has 0 fully saturated rings. The molecule has 0 aliphatic carbocycles. The Morgan fingerprint density at radius 2 is 1.88 bits per heavy atom. The maximum atomic E-state index is 12.4. The fourth-order valence-corrected chi connectivity index (χ4v) is 3.04. The summed E-state index contributed by atoms with van der Waals surface area (Å²) in [6.45, 7) is 0. The minimum absolute atomic E-state index is 0.369. The fourth-order valence-electron chi connectivity index (χ4n) is 2.60. The number of aromatic nitrogens is 2. The third kappa shape index (κ3) is 3.36. The standard InChI is InChI=1S/C18H14N4O2S/c23-17(21-18-22-19-11-25-18)20-16(12-6-2-1-3-7-12)15-10-13-8-4-5-9-14(13)24-15/h1-11,16H,(H2,20,21,22,23)/t16-/m1/s1. The van der Waals surface area contributed by atoms with Crippen LogP contribution in [0.25, 0.3) is 11.0 Å². The van der Waals surface area contributed by atoms with Gasteiger partial charge in [-0.2, -0.15) is 0 Å². The summed E-state index contributed by atoms with van der Waals surface area (Å²) < 4.78 is 5.95. The van der Waals surface area contributed by atoms with Crippen molar-refractivity contribution in [2.45, 2.75) is 6.04 Å². The quantitative estimate of drug-likeness (QED) is 0.578. The third-order valence-electron chi connectivity index (χ3n) is 3.72. The summed E-state index contributed by atoms with van der Waals surface area (Å²) in [5, 5.41) is 14.6. The van der Waals surface area contributed by atoms with E-state index in [4.69, 9.17) is 4.42 Å². The Morgan fingerprint density at radius 1 is 1.08 bits per heavy atom. The van der Waals surface area contributed by atoms with Crippen molar-refractivity contribution < 1.29 is 9.21 Å². The van der Waals surface area contributed by atoms with E-state index < -0.39 is 6.04 Å². The first-order valence-corrected chi connectivity index (χ1v) is 8.55. The number of hydrogen-bond acceptors (Lipinski definition) is 5. The highest BCUT2D eigenvalue weighted by molar-refractivity contribution is 7.13. The van der Waals surface area contributed by atoms with Crippen LogP contribution in [0, 0.1) is 0 Å². The number of para-hydroxylation sites is 1. The summed E-state index contributed by atoms with van der Waals surface area (Å²) in [7, 11) is 0. The lowest BCUT2D eigenvalue weighted by atomic mass is 10.0. The van der Waals surface area contributed by atoms with Crippen molar-refractivity contribution in [2.24, 2.45) is 0 Å². The molecule has 0 radical (unpaired) electrons. The van der Waals surface area contributed by atoms with Gasteiger partial charge in [-0.1, -0.05) is 59.9 Å². The zero-order valence-corrected chi connectivity index (χ0v) is 13.9. The first kappa shape index (κ1) is 15.3. The molecule has 2 amide bonds. The number of benzene rings is 2. The highest BCUT2D eigenvalue weighted by Gasteiger charge is 2.21. The number of fused-ring (bicyclic) bond motifs is 1. The van der Waals surface area contributed by atoms with Crippen LogP contribution in [-0.2, 0) is 0 Å². The second kappa shape index (κ2) is 6.74. The lowest BCUT2D eigenvalue weighted by Gasteiger charge is -2.17. The molecular weight excluding hydrogens is 336 g/mol. The number of nitrogens with zero attached hydrogens (tertiary/aromatic N) is 2. The van der Waals surface area contributed by atoms with Crippen LogP contribution in [0.2, 0.25) is 0 Å². The van der Waals surface area contributed by atoms with Crippen molar-refractivity contribution >= 4 is 33.5 Å². The van der Waals surface area contributed by atoms with Gasteiger partial charge in [0.15, 0.2) is 0 Å². The highest BCUT2D eigenvalue weighted by Crippen LogP contribution is 2.28. The maximum Gasteiger partial charge on any atom is 0.321 e. The smallest absolute Gasteiger partial charge is 0.321 e. The Hall–Kier alpha value is -3.19. The summed E-state index contributed by atoms with van der Waals surface area (Å²) in [5.74, 6) is 0.666. The Bertz CT molecular complexity index is 950. The van der Waals surface area contributed by atoms with Gasteiger partial charge in [-0.05, 0) is 17.7 Å². The normalized spacial score (nSPS) is 12.0. The Morgan fingerprint density at radius 3 is 2.64 bits per heavy atom. The molecule has 0 bridgehead atoms. The predicted octanol–water partition coefficient (Wildman–Crippen LogP) is 4.20. The minimum atomic E-state index is -0.415. The molecule has 124 valence electrons. The molecule has 0 aliphatic rings. The largest absolute Gasteiger partial charge is 0.459 e. The number of rotatable bonds is 4. The molecule has 6 nitrogen and oxygen atoms in total. The van der Waals surface area contributed by atoms with Gasteiger partial charge in [0.05, 0.1) is 0 Å². The van der Waals surface area contributed by atoms with Crippen molar-refractivity contribution in [3.05, 3.63) is 77.5 Å². The summed E-state index contributed by atoms with van der Waals surface area (Å²) in [4.78, 5) is 12.4. The zero-order valence-electron chi connectivity index (χ0n) is 13.0. The second-order valence-corrected chi connectivity index (χ2v) is 6.21. The lowest BCUT2D eigenvalue weighted by molar-refractivity contribution is 0.248. The maximum absolute atomic E-state index is 12.4. The zero-order chi connectivity index (χ0) is 17.1. The molecule has 0 unspecified atom stereocenters. The van der Waals surface area contributed by atoms with E-state index in [1.807, 2.05) is 60.7 Å². The van der Waals surface area contributed by atoms with Gasteiger partial charge in [0.2, 0.25) is 5.13 Å². The van der Waals surface area contributed by atoms with Crippen LogP contribution in [0.3, 0.4) is 0 Å². The summed E-state index contributed by atoms with van der Waals surface area (Å²) in [6, 6.07) is 18.6. The molecule has 2 aromatic carbocycles. The van der Waals surface area contributed by atoms with Crippen molar-refractivity contribution in [3.8, 4) is 0 Å². The third-order valence-corrected chi connectivity index (χ3v) is 4.32. The van der Waals surface area contributed by atoms with Gasteiger partial charge >= 0.3 is 6.03 Å². The van der Waals surface area contributed by atoms with E-state index in [0.717, 1.165) is 16.5 Å². The predicted molar refractivity (Wildman–Crippen MR) is 96.6 cm³/mol. The molecule has 25 heavy (non-hydrogen) atoms. The Labute approximate surface area is 147 Å². The number of nitrogens with one attached hydrogen (secondary N) is 2. The van der Waals surface area contributed by atoms with Gasteiger partial charge in [0.25, 0.3) is 0 Å². The molecule has 4 aromatic rings. The van der Waals surface area contributed by atoms with E-state index in [1.54, 1.807) is 5.51 Å². The number of amides is 2. The van der Waals surface area contributed by atoms with Gasteiger partial charge in [-0.3, -0.25) is 5.32 Å². The van der Waals surface area contributed by atoms with E-state index >= 15 is 0 Å². The molecule has 2 heterocycles. The van der Waals surface area contributed by atoms with E-state index in [1.165, 1.54) is 11.3 Å². The van der Waals surface area contributed by atoms with Gasteiger partial charge in [-0.25, -0.2) is 4.79 Å². The van der Waals surface area contributed by atoms with Crippen LogP contribution >= 0.6 is 11.3 Å². The fraction of sp³-hybridized carbons (Fsp3) is 0.0556. The molecule has 0 spiro atoms. The van der Waals surface area contributed by atoms with Crippen molar-refractivity contribution in [2.75, 3.05) is 5.32 Å². The van der Waals surface area contributed by atoms with Crippen LogP contribution in [0.4, 0.5) is 9.93 Å². The van der Waals surface area contributed by atoms with Crippen molar-refractivity contribution in [1.82, 2.24) is 15.5 Å². The van der Waals surface area contributed by atoms with E-state index in [-0.39, 0.29) is 6.03 Å². The van der Waals surface area contributed by atoms with E-state index in [0.29, 0.717) is 10.9 Å². The van der Waals surface area contributed by atoms with Crippen LogP contribution in [0.1, 0.15) is 17.4 Å². The Balaban J connectivity index is 1.65. The average Bonchev–Trinajstić information content (AvgIpc) is 3.29. The monoisotopic (exact) mass is 350 g/mol. The van der Waals surface area contributed by atoms with E-state index in [9.17, 15) is 4.79 Å². The first-order chi connectivity index (χ1) is 12.3. The van der Waals surface area contributed by atoms with Gasteiger partial charge in [0.1, 0.15) is 22.9 Å². The highest BCUT2D eigenvalue weighted by atomic mass is 32.1. The second-order valence-electron chi connectivity index (χ2n) is 5.37. The van der Waals surface area contributed by atoms with E-state index in [2.05, 4.69) is 20.8 Å². The summed E-state index contributed by atoms with van der Waals surface area (Å²) in [6.07, 6.45) is 0. The summed E-state index contributed by atoms with van der Waals surface area (Å²) in [5.41, 5.74) is 3.27. The Kier molecular flexibility index (Phi) is 4.14. The summed E-state index contributed by atoms with van der Waals surface area (Å²) >= 11 is 1.26. The van der Waals surface area contributed by atoms with Crippen molar-refractivity contribution in [3.63, 3.8) is 0 Å². The lowest BCUT2D eigenvalue weighted by Crippen LogP contribution is -2.33. The number of hydrogen-bond donors (Lipinski definition) is 2. The van der Waals surface area contributed by atoms with Gasteiger partial charge in [-0.15, -0.1) is 10.2 Å². The van der Waals surface area contributed by atoms with Crippen molar-refractivity contribution in [1.29, 1.82) is 0 Å². The van der Waals surface area contributed by atoms with Crippen LogP contribution in [0.5, 0.6) is 0 Å². The van der Waals surface area contributed by atoms with Crippen LogP contribution in [-0.4, -0.2) is 16.2 Å².